The first-order valence-corrected chi connectivity index (χ1v) is 9.89. The van der Waals surface area contributed by atoms with E-state index in [9.17, 15) is 10.2 Å². The molecule has 0 aromatic heterocycles. The van der Waals surface area contributed by atoms with E-state index >= 15 is 0 Å². The van der Waals surface area contributed by atoms with E-state index in [1.54, 1.807) is 0 Å². The Labute approximate surface area is 161 Å². The Hall–Kier alpha value is -1.88. The number of rotatable bonds is 3. The fraction of sp³-hybridized carbons (Fsp3) is 0.478. The highest BCUT2D eigenvalue weighted by Gasteiger charge is 2.42. The van der Waals surface area contributed by atoms with Gasteiger partial charge in [0, 0.05) is 31.6 Å². The maximum Gasteiger partial charge on any atom is 0.125 e. The lowest BCUT2D eigenvalue weighted by Crippen LogP contribution is -2.51. The van der Waals surface area contributed by atoms with Crippen LogP contribution in [0.15, 0.2) is 42.5 Å². The van der Waals surface area contributed by atoms with Crippen LogP contribution in [0.3, 0.4) is 0 Å². The lowest BCUT2D eigenvalue weighted by Gasteiger charge is -2.46. The Morgan fingerprint density at radius 2 is 1.85 bits per heavy atom. The van der Waals surface area contributed by atoms with Crippen LogP contribution < -0.4 is 4.74 Å². The van der Waals surface area contributed by atoms with Gasteiger partial charge in [0.15, 0.2) is 0 Å². The summed E-state index contributed by atoms with van der Waals surface area (Å²) < 4.78 is 6.35. The van der Waals surface area contributed by atoms with E-state index < -0.39 is 12.2 Å². The number of ether oxygens (including phenoxy) is 1. The number of benzene rings is 2. The fourth-order valence-electron chi connectivity index (χ4n) is 4.36. The number of likely N-dealkylation sites (tertiary alicyclic amines) is 1. The van der Waals surface area contributed by atoms with Crippen molar-refractivity contribution in [3.05, 3.63) is 64.7 Å². The largest absolute Gasteiger partial charge is 0.487 e. The number of para-hydroxylation sites is 1. The lowest BCUT2D eigenvalue weighted by atomic mass is 9.81. The highest BCUT2D eigenvalue weighted by Crippen LogP contribution is 2.44. The molecule has 2 aliphatic rings. The summed E-state index contributed by atoms with van der Waals surface area (Å²) in [7, 11) is 0. The molecule has 4 heteroatoms. The first-order chi connectivity index (χ1) is 13.0. The van der Waals surface area contributed by atoms with Crippen LogP contribution in [-0.4, -0.2) is 40.3 Å². The van der Waals surface area contributed by atoms with E-state index in [0.717, 1.165) is 42.8 Å². The summed E-state index contributed by atoms with van der Waals surface area (Å²) in [5.74, 6) is 0.819. The summed E-state index contributed by atoms with van der Waals surface area (Å²) in [6.07, 6.45) is 1.47. The van der Waals surface area contributed by atoms with E-state index in [0.29, 0.717) is 13.0 Å². The predicted molar refractivity (Wildman–Crippen MR) is 106 cm³/mol. The third kappa shape index (κ3) is 3.75. The standard InChI is InChI=1S/C23H29NO3/c1-16-7-8-18(13-17(16)2)21(26)15-24-11-9-23(10-12-24)14-20(25)19-5-3-4-6-22(19)27-23/h3-8,13,20-21,25-26H,9-12,14-15H2,1-2H3/t20-,21-/m1/s1. The van der Waals surface area contributed by atoms with Crippen LogP contribution in [0.1, 0.15) is 53.7 Å². The van der Waals surface area contributed by atoms with E-state index in [2.05, 4.69) is 30.9 Å². The number of hydrogen-bond acceptors (Lipinski definition) is 4. The zero-order valence-electron chi connectivity index (χ0n) is 16.2. The van der Waals surface area contributed by atoms with Gasteiger partial charge < -0.3 is 19.8 Å². The maximum atomic E-state index is 10.6. The first-order valence-electron chi connectivity index (χ1n) is 9.89. The number of aliphatic hydroxyl groups excluding tert-OH is 2. The van der Waals surface area contributed by atoms with E-state index in [1.165, 1.54) is 11.1 Å². The van der Waals surface area contributed by atoms with Crippen LogP contribution in [0.5, 0.6) is 5.75 Å². The highest BCUT2D eigenvalue weighted by molar-refractivity contribution is 5.38. The Balaban J connectivity index is 1.38. The minimum atomic E-state index is -0.475. The van der Waals surface area contributed by atoms with Crippen molar-refractivity contribution in [3.8, 4) is 5.75 Å². The number of aliphatic hydroxyl groups is 2. The minimum Gasteiger partial charge on any atom is -0.487 e. The molecule has 2 atom stereocenters. The Bertz CT molecular complexity index is 811. The van der Waals surface area contributed by atoms with Gasteiger partial charge in [-0.15, -0.1) is 0 Å². The number of β-amino-alcohol motifs (C(OH)–C–C–N with tert-alkyl or cyclic N) is 1. The first kappa shape index (κ1) is 18.5. The van der Waals surface area contributed by atoms with Crippen LogP contribution in [0.2, 0.25) is 0 Å². The topological polar surface area (TPSA) is 52.9 Å². The summed E-state index contributed by atoms with van der Waals surface area (Å²) in [6.45, 7) is 6.55. The van der Waals surface area contributed by atoms with Gasteiger partial charge in [-0.2, -0.15) is 0 Å². The van der Waals surface area contributed by atoms with Crippen molar-refractivity contribution in [3.63, 3.8) is 0 Å². The molecule has 2 heterocycles. The molecule has 4 nitrogen and oxygen atoms in total. The fourth-order valence-corrected chi connectivity index (χ4v) is 4.36. The van der Waals surface area contributed by atoms with Gasteiger partial charge in [0.25, 0.3) is 0 Å². The Morgan fingerprint density at radius 3 is 2.59 bits per heavy atom. The molecule has 2 aromatic rings. The van der Waals surface area contributed by atoms with Crippen molar-refractivity contribution in [1.82, 2.24) is 4.90 Å². The van der Waals surface area contributed by atoms with Crippen LogP contribution >= 0.6 is 0 Å². The van der Waals surface area contributed by atoms with Gasteiger partial charge in [-0.25, -0.2) is 0 Å². The SMILES string of the molecule is Cc1ccc([C@H](O)CN2CCC3(CC2)C[C@@H](O)c2ccccc2O3)cc1C. The molecule has 0 amide bonds. The number of nitrogens with zero attached hydrogens (tertiary/aromatic N) is 1. The van der Waals surface area contributed by atoms with Crippen molar-refractivity contribution in [2.24, 2.45) is 0 Å². The second-order valence-corrected chi connectivity index (χ2v) is 8.20. The zero-order valence-corrected chi connectivity index (χ0v) is 16.2. The van der Waals surface area contributed by atoms with Crippen LogP contribution in [0.4, 0.5) is 0 Å². The number of fused-ring (bicyclic) bond motifs is 1. The number of aryl methyl sites for hydroxylation is 2. The van der Waals surface area contributed by atoms with Gasteiger partial charge in [0.1, 0.15) is 11.4 Å². The monoisotopic (exact) mass is 367 g/mol. The predicted octanol–water partition coefficient (Wildman–Crippen LogP) is 3.69. The van der Waals surface area contributed by atoms with Crippen molar-refractivity contribution in [2.45, 2.75) is 50.9 Å². The second-order valence-electron chi connectivity index (χ2n) is 8.20. The van der Waals surface area contributed by atoms with Gasteiger partial charge in [0.2, 0.25) is 0 Å². The number of piperidine rings is 1. The molecule has 0 unspecified atom stereocenters. The average molecular weight is 367 g/mol. The number of hydrogen-bond donors (Lipinski definition) is 2. The molecule has 2 N–H and O–H groups in total. The van der Waals surface area contributed by atoms with Crippen molar-refractivity contribution >= 4 is 0 Å². The third-order valence-corrected chi connectivity index (χ3v) is 6.28. The molecule has 1 spiro atoms. The highest BCUT2D eigenvalue weighted by atomic mass is 16.5. The van der Waals surface area contributed by atoms with Crippen LogP contribution in [0.25, 0.3) is 0 Å². The summed E-state index contributed by atoms with van der Waals surface area (Å²) in [5, 5.41) is 21.2. The molecular weight excluding hydrogens is 338 g/mol. The minimum absolute atomic E-state index is 0.282. The second kappa shape index (κ2) is 7.27. The van der Waals surface area contributed by atoms with Gasteiger partial charge in [0.05, 0.1) is 12.2 Å². The molecule has 2 aromatic carbocycles. The molecule has 0 saturated carbocycles. The zero-order chi connectivity index (χ0) is 19.0. The molecule has 0 radical (unpaired) electrons. The quantitative estimate of drug-likeness (QED) is 0.869. The Morgan fingerprint density at radius 1 is 1.11 bits per heavy atom. The molecule has 1 saturated heterocycles. The molecule has 0 aliphatic carbocycles. The summed E-state index contributed by atoms with van der Waals surface area (Å²) in [4.78, 5) is 2.31. The smallest absolute Gasteiger partial charge is 0.125 e. The van der Waals surface area contributed by atoms with Gasteiger partial charge in [-0.3, -0.25) is 0 Å². The van der Waals surface area contributed by atoms with Crippen LogP contribution in [0, 0.1) is 13.8 Å². The third-order valence-electron chi connectivity index (χ3n) is 6.28. The van der Waals surface area contributed by atoms with Crippen molar-refractivity contribution in [2.75, 3.05) is 19.6 Å². The van der Waals surface area contributed by atoms with Gasteiger partial charge in [-0.1, -0.05) is 36.4 Å². The maximum absolute atomic E-state index is 10.6. The molecular formula is C23H29NO3. The average Bonchev–Trinajstić information content (AvgIpc) is 2.66. The van der Waals surface area contributed by atoms with E-state index in [4.69, 9.17) is 4.74 Å². The van der Waals surface area contributed by atoms with Crippen molar-refractivity contribution < 1.29 is 14.9 Å². The van der Waals surface area contributed by atoms with Crippen LogP contribution in [-0.2, 0) is 0 Å². The lowest BCUT2D eigenvalue weighted by molar-refractivity contribution is -0.0587. The molecule has 1 fully saturated rings. The summed E-state index contributed by atoms with van der Waals surface area (Å²) >= 11 is 0. The Kier molecular flexibility index (Phi) is 4.97. The summed E-state index contributed by atoms with van der Waals surface area (Å²) in [5.41, 5.74) is 4.06. The van der Waals surface area contributed by atoms with Gasteiger partial charge in [-0.05, 0) is 49.4 Å². The molecule has 0 bridgehead atoms. The molecule has 27 heavy (non-hydrogen) atoms. The van der Waals surface area contributed by atoms with E-state index in [1.807, 2.05) is 30.3 Å². The summed E-state index contributed by atoms with van der Waals surface area (Å²) in [6, 6.07) is 14.0. The molecule has 4 rings (SSSR count). The molecule has 2 aliphatic heterocycles. The normalized spacial score (nSPS) is 22.9. The van der Waals surface area contributed by atoms with E-state index in [-0.39, 0.29) is 5.60 Å². The molecule has 144 valence electrons. The van der Waals surface area contributed by atoms with Gasteiger partial charge >= 0.3 is 0 Å². The van der Waals surface area contributed by atoms with Crippen molar-refractivity contribution in [1.29, 1.82) is 0 Å².